The lowest BCUT2D eigenvalue weighted by molar-refractivity contribution is 0.255. The van der Waals surface area contributed by atoms with Gasteiger partial charge in [-0.2, -0.15) is 5.26 Å². The van der Waals surface area contributed by atoms with Crippen LogP contribution in [0.3, 0.4) is 0 Å². The molecule has 74 valence electrons. The highest BCUT2D eigenvalue weighted by atomic mass is 16.3. The number of hydrogen-bond acceptors (Lipinski definition) is 2. The van der Waals surface area contributed by atoms with Crippen molar-refractivity contribution in [3.05, 3.63) is 34.9 Å². The van der Waals surface area contributed by atoms with E-state index in [0.29, 0.717) is 6.42 Å². The van der Waals surface area contributed by atoms with E-state index in [9.17, 15) is 0 Å². The van der Waals surface area contributed by atoms with Crippen LogP contribution in [0.5, 0.6) is 0 Å². The fraction of sp³-hybridized carbons (Fsp3) is 0.417. The Kier molecular flexibility index (Phi) is 3.67. The van der Waals surface area contributed by atoms with Crippen LogP contribution in [-0.4, -0.2) is 11.7 Å². The maximum absolute atomic E-state index is 8.93. The first-order valence-electron chi connectivity index (χ1n) is 4.74. The van der Waals surface area contributed by atoms with Gasteiger partial charge in [0.1, 0.15) is 0 Å². The van der Waals surface area contributed by atoms with Gasteiger partial charge in [0, 0.05) is 0 Å². The third kappa shape index (κ3) is 2.58. The van der Waals surface area contributed by atoms with Gasteiger partial charge >= 0.3 is 0 Å². The Morgan fingerprint density at radius 3 is 2.71 bits per heavy atom. The molecule has 1 aromatic carbocycles. The molecule has 0 fully saturated rings. The molecule has 2 nitrogen and oxygen atoms in total. The van der Waals surface area contributed by atoms with Crippen LogP contribution in [0.2, 0.25) is 0 Å². The van der Waals surface area contributed by atoms with Crippen molar-refractivity contribution < 1.29 is 5.11 Å². The van der Waals surface area contributed by atoms with Crippen molar-refractivity contribution in [2.75, 3.05) is 6.61 Å². The van der Waals surface area contributed by atoms with Crippen molar-refractivity contribution in [2.45, 2.75) is 20.3 Å². The minimum absolute atomic E-state index is 0.0656. The van der Waals surface area contributed by atoms with E-state index in [1.165, 1.54) is 11.1 Å². The van der Waals surface area contributed by atoms with Gasteiger partial charge < -0.3 is 5.11 Å². The molecular formula is C12H15NO. The summed E-state index contributed by atoms with van der Waals surface area (Å²) in [5.74, 6) is -0.282. The molecule has 0 saturated heterocycles. The number of aliphatic hydroxyl groups excluding tert-OH is 1. The first kappa shape index (κ1) is 10.7. The van der Waals surface area contributed by atoms with E-state index < -0.39 is 0 Å². The number of aliphatic hydroxyl groups is 1. The summed E-state index contributed by atoms with van der Waals surface area (Å²) in [5, 5.41) is 17.7. The van der Waals surface area contributed by atoms with E-state index in [2.05, 4.69) is 24.3 Å². The van der Waals surface area contributed by atoms with E-state index >= 15 is 0 Å². The second-order valence-corrected chi connectivity index (χ2v) is 3.64. The van der Waals surface area contributed by atoms with Crippen LogP contribution >= 0.6 is 0 Å². The molecule has 0 radical (unpaired) electrons. The molecule has 0 spiro atoms. The van der Waals surface area contributed by atoms with Crippen molar-refractivity contribution >= 4 is 0 Å². The number of nitriles is 1. The maximum Gasteiger partial charge on any atom is 0.0734 e. The maximum atomic E-state index is 8.93. The topological polar surface area (TPSA) is 44.0 Å². The molecule has 0 aromatic heterocycles. The zero-order chi connectivity index (χ0) is 10.6. The zero-order valence-corrected chi connectivity index (χ0v) is 8.62. The van der Waals surface area contributed by atoms with Crippen molar-refractivity contribution in [3.8, 4) is 6.07 Å². The molecule has 14 heavy (non-hydrogen) atoms. The van der Waals surface area contributed by atoms with Gasteiger partial charge in [0.2, 0.25) is 0 Å². The van der Waals surface area contributed by atoms with Crippen molar-refractivity contribution in [1.82, 2.24) is 0 Å². The normalized spacial score (nSPS) is 12.1. The van der Waals surface area contributed by atoms with Crippen LogP contribution in [0.15, 0.2) is 18.2 Å². The fourth-order valence-corrected chi connectivity index (χ4v) is 1.44. The van der Waals surface area contributed by atoms with Gasteiger partial charge in [-0.05, 0) is 31.4 Å². The number of aryl methyl sites for hydroxylation is 2. The number of nitrogens with zero attached hydrogens (tertiary/aromatic N) is 1. The van der Waals surface area contributed by atoms with Gasteiger partial charge in [-0.25, -0.2) is 0 Å². The summed E-state index contributed by atoms with van der Waals surface area (Å²) in [7, 11) is 0. The van der Waals surface area contributed by atoms with E-state index in [-0.39, 0.29) is 12.5 Å². The van der Waals surface area contributed by atoms with Crippen molar-refractivity contribution in [3.63, 3.8) is 0 Å². The highest BCUT2D eigenvalue weighted by molar-refractivity contribution is 5.31. The predicted octanol–water partition coefficient (Wildman–Crippen LogP) is 1.98. The number of hydrogen-bond donors (Lipinski definition) is 1. The lowest BCUT2D eigenvalue weighted by Gasteiger charge is -2.09. The SMILES string of the molecule is Cc1ccc(C)c(CC(C#N)CO)c1. The standard InChI is InChI=1S/C12H15NO/c1-9-3-4-10(2)12(5-9)6-11(7-13)8-14/h3-5,11,14H,6,8H2,1-2H3. The summed E-state index contributed by atoms with van der Waals surface area (Å²) in [6.45, 7) is 3.99. The van der Waals surface area contributed by atoms with E-state index in [0.717, 1.165) is 5.56 Å². The molecule has 1 atom stereocenters. The van der Waals surface area contributed by atoms with Gasteiger partial charge in [-0.1, -0.05) is 23.8 Å². The largest absolute Gasteiger partial charge is 0.395 e. The highest BCUT2D eigenvalue weighted by Gasteiger charge is 2.08. The van der Waals surface area contributed by atoms with Gasteiger partial charge in [-0.15, -0.1) is 0 Å². The molecule has 0 heterocycles. The molecule has 0 bridgehead atoms. The van der Waals surface area contributed by atoms with Crippen LogP contribution in [0.4, 0.5) is 0 Å². The quantitative estimate of drug-likeness (QED) is 0.790. The van der Waals surface area contributed by atoms with Gasteiger partial charge in [0.05, 0.1) is 18.6 Å². The fourth-order valence-electron chi connectivity index (χ4n) is 1.44. The Morgan fingerprint density at radius 2 is 2.14 bits per heavy atom. The average molecular weight is 189 g/mol. The Bertz CT molecular complexity index is 352. The lowest BCUT2D eigenvalue weighted by atomic mass is 9.96. The Labute approximate surface area is 84.8 Å². The van der Waals surface area contributed by atoms with Crippen LogP contribution < -0.4 is 0 Å². The molecule has 0 saturated carbocycles. The molecule has 1 rings (SSSR count). The lowest BCUT2D eigenvalue weighted by Crippen LogP contribution is -2.07. The molecule has 0 aliphatic rings. The highest BCUT2D eigenvalue weighted by Crippen LogP contribution is 2.14. The smallest absolute Gasteiger partial charge is 0.0734 e. The van der Waals surface area contributed by atoms with Gasteiger partial charge in [0.15, 0.2) is 0 Å². The molecular weight excluding hydrogens is 174 g/mol. The molecule has 1 N–H and O–H groups in total. The van der Waals surface area contributed by atoms with Crippen LogP contribution in [0.25, 0.3) is 0 Å². The number of benzene rings is 1. The molecule has 1 aromatic rings. The Morgan fingerprint density at radius 1 is 1.43 bits per heavy atom. The molecule has 2 heteroatoms. The van der Waals surface area contributed by atoms with Gasteiger partial charge in [-0.3, -0.25) is 0 Å². The third-order valence-corrected chi connectivity index (χ3v) is 2.37. The summed E-state index contributed by atoms with van der Waals surface area (Å²) >= 11 is 0. The summed E-state index contributed by atoms with van der Waals surface area (Å²) < 4.78 is 0. The molecule has 0 aliphatic carbocycles. The summed E-state index contributed by atoms with van der Waals surface area (Å²) in [6.07, 6.45) is 0.639. The number of rotatable bonds is 3. The third-order valence-electron chi connectivity index (χ3n) is 2.37. The Hall–Kier alpha value is -1.33. The van der Waals surface area contributed by atoms with Crippen molar-refractivity contribution in [2.24, 2.45) is 5.92 Å². The summed E-state index contributed by atoms with van der Waals surface area (Å²) in [6, 6.07) is 8.28. The van der Waals surface area contributed by atoms with Crippen LogP contribution in [0.1, 0.15) is 16.7 Å². The Balaban J connectivity index is 2.86. The van der Waals surface area contributed by atoms with E-state index in [1.54, 1.807) is 0 Å². The molecule has 1 unspecified atom stereocenters. The summed E-state index contributed by atoms with van der Waals surface area (Å²) in [5.41, 5.74) is 3.54. The average Bonchev–Trinajstić information content (AvgIpc) is 2.19. The minimum atomic E-state index is -0.282. The second kappa shape index (κ2) is 4.78. The minimum Gasteiger partial charge on any atom is -0.395 e. The first-order valence-corrected chi connectivity index (χ1v) is 4.74. The van der Waals surface area contributed by atoms with E-state index in [1.807, 2.05) is 13.8 Å². The van der Waals surface area contributed by atoms with Crippen LogP contribution in [-0.2, 0) is 6.42 Å². The van der Waals surface area contributed by atoms with Crippen molar-refractivity contribution in [1.29, 1.82) is 5.26 Å². The zero-order valence-electron chi connectivity index (χ0n) is 8.62. The summed E-state index contributed by atoms with van der Waals surface area (Å²) in [4.78, 5) is 0. The molecule has 0 aliphatic heterocycles. The second-order valence-electron chi connectivity index (χ2n) is 3.64. The van der Waals surface area contributed by atoms with Crippen LogP contribution in [0, 0.1) is 31.1 Å². The monoisotopic (exact) mass is 189 g/mol. The predicted molar refractivity (Wildman–Crippen MR) is 55.8 cm³/mol. The van der Waals surface area contributed by atoms with E-state index in [4.69, 9.17) is 10.4 Å². The molecule has 0 amide bonds. The van der Waals surface area contributed by atoms with Gasteiger partial charge in [0.25, 0.3) is 0 Å². The first-order chi connectivity index (χ1) is 6.67.